The molecule has 1 saturated heterocycles. The largest absolute Gasteiger partial charge is 0.379 e. The number of ether oxygens (including phenoxy) is 1. The highest BCUT2D eigenvalue weighted by atomic mass is 16.5. The van der Waals surface area contributed by atoms with Crippen LogP contribution < -0.4 is 5.56 Å². The summed E-state index contributed by atoms with van der Waals surface area (Å²) in [6, 6.07) is 6.21. The van der Waals surface area contributed by atoms with Gasteiger partial charge >= 0.3 is 0 Å². The molecule has 0 saturated carbocycles. The molecule has 0 aliphatic carbocycles. The van der Waals surface area contributed by atoms with Gasteiger partial charge in [-0.1, -0.05) is 13.8 Å². The number of nitrogens with zero attached hydrogens (tertiary/aromatic N) is 6. The van der Waals surface area contributed by atoms with Crippen LogP contribution in [0.15, 0.2) is 23.0 Å². The van der Waals surface area contributed by atoms with Gasteiger partial charge in [0.1, 0.15) is 0 Å². The highest BCUT2D eigenvalue weighted by Gasteiger charge is 2.33. The molecule has 3 heterocycles. The maximum Gasteiger partial charge on any atom is 0.252 e. The number of H-pyrrole nitrogens is 1. The third kappa shape index (κ3) is 5.85. The molecule has 0 amide bonds. The first-order chi connectivity index (χ1) is 17.0. The number of hydrogen-bond donors (Lipinski definition) is 1. The van der Waals surface area contributed by atoms with Gasteiger partial charge < -0.3 is 9.72 Å². The van der Waals surface area contributed by atoms with Crippen LogP contribution in [0.5, 0.6) is 0 Å². The Morgan fingerprint density at radius 3 is 2.47 bits per heavy atom. The second kappa shape index (κ2) is 10.8. The van der Waals surface area contributed by atoms with Gasteiger partial charge in [-0.05, 0) is 85.7 Å². The zero-order valence-corrected chi connectivity index (χ0v) is 22.8. The van der Waals surface area contributed by atoms with Crippen LogP contribution in [0.2, 0.25) is 0 Å². The predicted octanol–water partition coefficient (Wildman–Crippen LogP) is 3.42. The summed E-state index contributed by atoms with van der Waals surface area (Å²) in [7, 11) is 0. The van der Waals surface area contributed by atoms with E-state index < -0.39 is 0 Å². The Balaban J connectivity index is 1.72. The van der Waals surface area contributed by atoms with Crippen molar-refractivity contribution in [2.24, 2.45) is 5.92 Å². The number of benzene rings is 1. The van der Waals surface area contributed by atoms with E-state index in [2.05, 4.69) is 90.9 Å². The Morgan fingerprint density at radius 1 is 1.11 bits per heavy atom. The van der Waals surface area contributed by atoms with Crippen LogP contribution in [0.1, 0.15) is 63.2 Å². The molecule has 1 atom stereocenters. The van der Waals surface area contributed by atoms with Crippen LogP contribution in [-0.2, 0) is 16.8 Å². The second-order valence-corrected chi connectivity index (χ2v) is 11.4. The van der Waals surface area contributed by atoms with Gasteiger partial charge in [0.15, 0.2) is 5.82 Å². The van der Waals surface area contributed by atoms with E-state index in [9.17, 15) is 4.79 Å². The van der Waals surface area contributed by atoms with Crippen molar-refractivity contribution in [1.82, 2.24) is 35.0 Å². The first kappa shape index (κ1) is 26.4. The molecule has 9 heteroatoms. The summed E-state index contributed by atoms with van der Waals surface area (Å²) in [6.07, 6.45) is 0. The summed E-state index contributed by atoms with van der Waals surface area (Å²) in [4.78, 5) is 21.2. The van der Waals surface area contributed by atoms with E-state index in [-0.39, 0.29) is 23.1 Å². The summed E-state index contributed by atoms with van der Waals surface area (Å²) >= 11 is 0. The Kier molecular flexibility index (Phi) is 7.92. The third-order valence-electron chi connectivity index (χ3n) is 7.13. The minimum Gasteiger partial charge on any atom is -0.379 e. The van der Waals surface area contributed by atoms with Crippen molar-refractivity contribution in [3.8, 4) is 0 Å². The molecule has 0 bridgehead atoms. The van der Waals surface area contributed by atoms with Gasteiger partial charge in [-0.3, -0.25) is 14.6 Å². The van der Waals surface area contributed by atoms with E-state index in [0.717, 1.165) is 61.7 Å². The van der Waals surface area contributed by atoms with Crippen molar-refractivity contribution >= 4 is 10.9 Å². The van der Waals surface area contributed by atoms with Gasteiger partial charge in [-0.25, -0.2) is 4.68 Å². The Morgan fingerprint density at radius 2 is 1.81 bits per heavy atom. The predicted molar refractivity (Wildman–Crippen MR) is 142 cm³/mol. The summed E-state index contributed by atoms with van der Waals surface area (Å²) in [6.45, 7) is 20.5. The number of aromatic nitrogens is 5. The molecule has 0 radical (unpaired) electrons. The molecule has 196 valence electrons. The maximum absolute atomic E-state index is 13.2. The second-order valence-electron chi connectivity index (χ2n) is 11.4. The van der Waals surface area contributed by atoms with E-state index in [1.165, 1.54) is 11.1 Å². The topological polar surface area (TPSA) is 92.2 Å². The molecule has 1 aliphatic rings. The van der Waals surface area contributed by atoms with Gasteiger partial charge in [-0.2, -0.15) is 0 Å². The van der Waals surface area contributed by atoms with Crippen LogP contribution >= 0.6 is 0 Å². The summed E-state index contributed by atoms with van der Waals surface area (Å²) < 4.78 is 7.47. The molecular formula is C27H41N7O2. The van der Waals surface area contributed by atoms with Gasteiger partial charge in [0.2, 0.25) is 0 Å². The van der Waals surface area contributed by atoms with Crippen LogP contribution in [0.3, 0.4) is 0 Å². The van der Waals surface area contributed by atoms with Crippen molar-refractivity contribution in [2.45, 2.75) is 66.6 Å². The smallest absolute Gasteiger partial charge is 0.252 e. The minimum absolute atomic E-state index is 0.0416. The summed E-state index contributed by atoms with van der Waals surface area (Å²) in [5.74, 6) is 1.08. The molecule has 1 aliphatic heterocycles. The van der Waals surface area contributed by atoms with Crippen LogP contribution in [0.4, 0.5) is 0 Å². The lowest BCUT2D eigenvalue weighted by Crippen LogP contribution is -2.44. The van der Waals surface area contributed by atoms with E-state index in [1.807, 2.05) is 10.7 Å². The van der Waals surface area contributed by atoms with Gasteiger partial charge in [0.25, 0.3) is 5.56 Å². The van der Waals surface area contributed by atoms with Crippen molar-refractivity contribution in [1.29, 1.82) is 0 Å². The molecule has 0 unspecified atom stereocenters. The van der Waals surface area contributed by atoms with E-state index >= 15 is 0 Å². The standard InChI is InChI=1S/C27H41N7O2/c1-18(2)24(25-29-30-31-34(25)27(5,6)7)33(9-8-32-10-12-36-13-11-32)17-22-16-21-14-19(3)20(4)15-23(21)28-26(22)35/h14-16,18,24H,8-13,17H2,1-7H3,(H,28,35)/t24-/m0/s1. The van der Waals surface area contributed by atoms with E-state index in [0.29, 0.717) is 6.54 Å². The lowest BCUT2D eigenvalue weighted by molar-refractivity contribution is 0.0265. The zero-order valence-electron chi connectivity index (χ0n) is 22.8. The monoisotopic (exact) mass is 495 g/mol. The van der Waals surface area contributed by atoms with Crippen molar-refractivity contribution in [3.63, 3.8) is 0 Å². The fourth-order valence-electron chi connectivity index (χ4n) is 5.01. The number of pyridine rings is 1. The van der Waals surface area contributed by atoms with Crippen LogP contribution in [0, 0.1) is 19.8 Å². The number of tetrazole rings is 1. The molecule has 0 spiro atoms. The van der Waals surface area contributed by atoms with E-state index in [1.54, 1.807) is 0 Å². The Hall–Kier alpha value is -2.62. The maximum atomic E-state index is 13.2. The summed E-state index contributed by atoms with van der Waals surface area (Å²) in [5.41, 5.74) is 3.73. The first-order valence-electron chi connectivity index (χ1n) is 13.0. The molecule has 1 aromatic carbocycles. The highest BCUT2D eigenvalue weighted by Crippen LogP contribution is 2.31. The fraction of sp³-hybridized carbons (Fsp3) is 0.630. The number of aryl methyl sites for hydroxylation is 2. The first-order valence-corrected chi connectivity index (χ1v) is 13.0. The number of nitrogens with one attached hydrogen (secondary N) is 1. The van der Waals surface area contributed by atoms with Crippen LogP contribution in [0.25, 0.3) is 10.9 Å². The molecule has 3 aromatic rings. The molecule has 1 N–H and O–H groups in total. The molecule has 1 fully saturated rings. The van der Waals surface area contributed by atoms with Crippen molar-refractivity contribution < 1.29 is 4.74 Å². The lowest BCUT2D eigenvalue weighted by Gasteiger charge is -2.37. The van der Waals surface area contributed by atoms with Gasteiger partial charge in [-0.15, -0.1) is 5.10 Å². The average Bonchev–Trinajstić information content (AvgIpc) is 3.30. The Bertz CT molecular complexity index is 1240. The number of aromatic amines is 1. The molecule has 36 heavy (non-hydrogen) atoms. The molecular weight excluding hydrogens is 454 g/mol. The van der Waals surface area contributed by atoms with Crippen LogP contribution in [-0.4, -0.2) is 74.4 Å². The fourth-order valence-corrected chi connectivity index (χ4v) is 5.01. The SMILES string of the molecule is Cc1cc2cc(CN(CCN3CCOCC3)[C@H](c3nnnn3C(C)(C)C)C(C)C)c(=O)[nH]c2cc1C. The highest BCUT2D eigenvalue weighted by molar-refractivity contribution is 5.80. The number of rotatable bonds is 8. The third-order valence-corrected chi connectivity index (χ3v) is 7.13. The van der Waals surface area contributed by atoms with Crippen molar-refractivity contribution in [2.75, 3.05) is 39.4 Å². The minimum atomic E-state index is -0.252. The number of fused-ring (bicyclic) bond motifs is 1. The molecule has 4 rings (SSSR count). The quantitative estimate of drug-likeness (QED) is 0.512. The average molecular weight is 496 g/mol. The van der Waals surface area contributed by atoms with Crippen molar-refractivity contribution in [3.05, 3.63) is 51.1 Å². The van der Waals surface area contributed by atoms with E-state index in [4.69, 9.17) is 4.74 Å². The lowest BCUT2D eigenvalue weighted by atomic mass is 9.98. The molecule has 9 nitrogen and oxygen atoms in total. The number of morpholine rings is 1. The number of hydrogen-bond acceptors (Lipinski definition) is 7. The van der Waals surface area contributed by atoms with Gasteiger partial charge in [0, 0.05) is 43.8 Å². The van der Waals surface area contributed by atoms with Gasteiger partial charge in [0.05, 0.1) is 24.8 Å². The normalized spacial score (nSPS) is 16.4. The Labute approximate surface area is 213 Å². The summed E-state index contributed by atoms with van der Waals surface area (Å²) in [5, 5.41) is 13.9. The zero-order chi connectivity index (χ0) is 26.0. The molecule has 2 aromatic heterocycles.